The van der Waals surface area contributed by atoms with E-state index in [1.165, 1.54) is 4.90 Å². The first-order valence-electron chi connectivity index (χ1n) is 12.2. The largest absolute Gasteiger partial charge is 0.458 e. The topological polar surface area (TPSA) is 55.8 Å². The Bertz CT molecular complexity index is 1200. The fraction of sp³-hybridized carbons (Fsp3) is 0.333. The van der Waals surface area contributed by atoms with Crippen LogP contribution in [0, 0.1) is 0 Å². The maximum absolute atomic E-state index is 13.2. The van der Waals surface area contributed by atoms with Gasteiger partial charge in [0.05, 0.1) is 0 Å². The van der Waals surface area contributed by atoms with Crippen molar-refractivity contribution in [1.29, 1.82) is 0 Å². The number of rotatable bonds is 7. The van der Waals surface area contributed by atoms with Gasteiger partial charge >= 0.3 is 12.1 Å². The van der Waals surface area contributed by atoms with Crippen molar-refractivity contribution in [3.8, 4) is 11.1 Å². The number of ether oxygens (including phenoxy) is 2. The lowest BCUT2D eigenvalue weighted by Crippen LogP contribution is -2.46. The molecule has 0 radical (unpaired) electrons. The summed E-state index contributed by atoms with van der Waals surface area (Å²) in [4.78, 5) is 27.6. The summed E-state index contributed by atoms with van der Waals surface area (Å²) in [5.41, 5.74) is 4.91. The van der Waals surface area contributed by atoms with Crippen LogP contribution in [0.1, 0.15) is 49.8 Å². The van der Waals surface area contributed by atoms with Gasteiger partial charge in [0.1, 0.15) is 18.2 Å². The number of fused-ring (bicyclic) bond motifs is 3. The second-order valence-corrected chi connectivity index (χ2v) is 10.6. The molecule has 0 bridgehead atoms. The summed E-state index contributed by atoms with van der Waals surface area (Å²) in [5, 5.41) is 0.631. The third-order valence-corrected chi connectivity index (χ3v) is 6.60. The highest BCUT2D eigenvalue weighted by Gasteiger charge is 2.34. The van der Waals surface area contributed by atoms with Gasteiger partial charge in [-0.2, -0.15) is 0 Å². The molecule has 3 aromatic rings. The van der Waals surface area contributed by atoms with Gasteiger partial charge in [-0.15, -0.1) is 0 Å². The van der Waals surface area contributed by atoms with Crippen molar-refractivity contribution in [3.05, 3.63) is 94.5 Å². The molecule has 1 aliphatic rings. The standard InChI is InChI=1S/C30H32ClNO4/c1-30(2,3)36-28(33)27(17-16-20-10-9-11-21(31)18-20)32(4)29(34)35-19-26-24-14-7-5-12-22(24)23-13-6-8-15-25(23)26/h5-15,18,26-27H,16-17,19H2,1-4H3. The number of carbonyl (C=O) groups is 2. The molecule has 36 heavy (non-hydrogen) atoms. The first-order valence-corrected chi connectivity index (χ1v) is 12.6. The Balaban J connectivity index is 1.48. The molecule has 4 rings (SSSR count). The van der Waals surface area contributed by atoms with Crippen molar-refractivity contribution < 1.29 is 19.1 Å². The Morgan fingerprint density at radius 3 is 2.14 bits per heavy atom. The molecule has 1 amide bonds. The molecule has 3 aromatic carbocycles. The van der Waals surface area contributed by atoms with Crippen LogP contribution in [0.15, 0.2) is 72.8 Å². The quantitative estimate of drug-likeness (QED) is 0.329. The normalized spacial score (nSPS) is 13.5. The second kappa shape index (κ2) is 10.8. The minimum Gasteiger partial charge on any atom is -0.458 e. The fourth-order valence-corrected chi connectivity index (χ4v) is 4.87. The van der Waals surface area contributed by atoms with Crippen LogP contribution >= 0.6 is 11.6 Å². The molecular weight excluding hydrogens is 474 g/mol. The van der Waals surface area contributed by atoms with Gasteiger partial charge in [0.25, 0.3) is 0 Å². The number of benzene rings is 3. The van der Waals surface area contributed by atoms with E-state index in [9.17, 15) is 9.59 Å². The number of nitrogens with zero attached hydrogens (tertiary/aromatic N) is 1. The Hall–Kier alpha value is -3.31. The summed E-state index contributed by atoms with van der Waals surface area (Å²) in [6, 6.07) is 23.1. The lowest BCUT2D eigenvalue weighted by molar-refractivity contribution is -0.160. The highest BCUT2D eigenvalue weighted by molar-refractivity contribution is 6.30. The molecule has 0 fully saturated rings. The molecule has 0 aromatic heterocycles. The molecule has 6 heteroatoms. The zero-order chi connectivity index (χ0) is 25.9. The maximum Gasteiger partial charge on any atom is 0.410 e. The van der Waals surface area contributed by atoms with Crippen LogP contribution in [0.25, 0.3) is 11.1 Å². The van der Waals surface area contributed by atoms with Gasteiger partial charge in [-0.25, -0.2) is 9.59 Å². The number of carbonyl (C=O) groups excluding carboxylic acids is 2. The van der Waals surface area contributed by atoms with Crippen molar-refractivity contribution in [2.75, 3.05) is 13.7 Å². The van der Waals surface area contributed by atoms with Crippen LogP contribution in [0.5, 0.6) is 0 Å². The first-order chi connectivity index (χ1) is 17.1. The lowest BCUT2D eigenvalue weighted by atomic mass is 9.98. The Labute approximate surface area is 218 Å². The van der Waals surface area contributed by atoms with E-state index in [1.807, 2.05) is 63.2 Å². The number of esters is 1. The zero-order valence-corrected chi connectivity index (χ0v) is 21.9. The molecule has 1 atom stereocenters. The van der Waals surface area contributed by atoms with E-state index in [0.29, 0.717) is 17.9 Å². The maximum atomic E-state index is 13.2. The van der Waals surface area contributed by atoms with E-state index in [1.54, 1.807) is 13.1 Å². The van der Waals surface area contributed by atoms with E-state index in [-0.39, 0.29) is 12.5 Å². The molecule has 0 spiro atoms. The smallest absolute Gasteiger partial charge is 0.410 e. The molecule has 5 nitrogen and oxygen atoms in total. The average Bonchev–Trinajstić information content (AvgIpc) is 3.15. The van der Waals surface area contributed by atoms with Crippen LogP contribution in [0.2, 0.25) is 5.02 Å². The van der Waals surface area contributed by atoms with Crippen molar-refractivity contribution in [2.45, 2.75) is 51.2 Å². The molecule has 0 aliphatic heterocycles. The summed E-state index contributed by atoms with van der Waals surface area (Å²) < 4.78 is 11.4. The van der Waals surface area contributed by atoms with E-state index in [4.69, 9.17) is 21.1 Å². The van der Waals surface area contributed by atoms with E-state index >= 15 is 0 Å². The molecule has 1 unspecified atom stereocenters. The molecule has 0 N–H and O–H groups in total. The fourth-order valence-electron chi connectivity index (χ4n) is 4.66. The number of likely N-dealkylation sites (N-methyl/N-ethyl adjacent to an activating group) is 1. The van der Waals surface area contributed by atoms with Gasteiger partial charge in [0.15, 0.2) is 0 Å². The van der Waals surface area contributed by atoms with Crippen LogP contribution in [-0.2, 0) is 20.7 Å². The lowest BCUT2D eigenvalue weighted by Gasteiger charge is -2.30. The number of halogens is 1. The minimum atomic E-state index is -0.793. The summed E-state index contributed by atoms with van der Waals surface area (Å²) in [6.45, 7) is 5.62. The molecule has 0 saturated heterocycles. The van der Waals surface area contributed by atoms with Crippen molar-refractivity contribution in [1.82, 2.24) is 4.90 Å². The molecule has 1 aliphatic carbocycles. The summed E-state index contributed by atoms with van der Waals surface area (Å²) >= 11 is 6.12. The van der Waals surface area contributed by atoms with Gasteiger partial charge in [-0.05, 0) is 73.6 Å². The van der Waals surface area contributed by atoms with Gasteiger partial charge in [-0.3, -0.25) is 4.90 Å². The molecule has 0 saturated carbocycles. The average molecular weight is 506 g/mol. The summed E-state index contributed by atoms with van der Waals surface area (Å²) in [6.07, 6.45) is 0.389. The zero-order valence-electron chi connectivity index (χ0n) is 21.2. The first kappa shape index (κ1) is 25.8. The highest BCUT2D eigenvalue weighted by atomic mass is 35.5. The highest BCUT2D eigenvalue weighted by Crippen LogP contribution is 2.44. The minimum absolute atomic E-state index is 0.0545. The predicted molar refractivity (Wildman–Crippen MR) is 142 cm³/mol. The molecule has 188 valence electrons. The van der Waals surface area contributed by atoms with Crippen LogP contribution in [-0.4, -0.2) is 42.3 Å². The van der Waals surface area contributed by atoms with Gasteiger partial charge < -0.3 is 9.47 Å². The SMILES string of the molecule is CN(C(=O)OCC1c2ccccc2-c2ccccc21)C(CCc1cccc(Cl)c1)C(=O)OC(C)(C)C. The Morgan fingerprint density at radius 1 is 0.944 bits per heavy atom. The predicted octanol–water partition coefficient (Wildman–Crippen LogP) is 6.86. The van der Waals surface area contributed by atoms with E-state index in [0.717, 1.165) is 27.8 Å². The monoisotopic (exact) mass is 505 g/mol. The molecular formula is C30H32ClNO4. The van der Waals surface area contributed by atoms with Crippen molar-refractivity contribution >= 4 is 23.7 Å². The second-order valence-electron chi connectivity index (χ2n) is 10.1. The van der Waals surface area contributed by atoms with Gasteiger partial charge in [-0.1, -0.05) is 72.3 Å². The van der Waals surface area contributed by atoms with Gasteiger partial charge in [0.2, 0.25) is 0 Å². The Morgan fingerprint density at radius 2 is 1.56 bits per heavy atom. The third kappa shape index (κ3) is 5.90. The van der Waals surface area contributed by atoms with E-state index in [2.05, 4.69) is 24.3 Å². The molecule has 0 heterocycles. The number of amides is 1. The Kier molecular flexibility index (Phi) is 7.70. The van der Waals surface area contributed by atoms with Gasteiger partial charge in [0, 0.05) is 18.0 Å². The summed E-state index contributed by atoms with van der Waals surface area (Å²) in [5.74, 6) is -0.512. The van der Waals surface area contributed by atoms with Crippen LogP contribution in [0.3, 0.4) is 0 Å². The number of hydrogen-bond donors (Lipinski definition) is 0. The van der Waals surface area contributed by atoms with E-state index < -0.39 is 23.7 Å². The number of aryl methyl sites for hydroxylation is 1. The number of hydrogen-bond acceptors (Lipinski definition) is 4. The van der Waals surface area contributed by atoms with Crippen LogP contribution < -0.4 is 0 Å². The third-order valence-electron chi connectivity index (χ3n) is 6.37. The van der Waals surface area contributed by atoms with Crippen LogP contribution in [0.4, 0.5) is 4.79 Å². The van der Waals surface area contributed by atoms with Crippen molar-refractivity contribution in [3.63, 3.8) is 0 Å². The van der Waals surface area contributed by atoms with Crippen molar-refractivity contribution in [2.24, 2.45) is 0 Å². The summed E-state index contributed by atoms with van der Waals surface area (Å²) in [7, 11) is 1.59.